The second-order valence-corrected chi connectivity index (χ2v) is 9.71. The summed E-state index contributed by atoms with van der Waals surface area (Å²) in [5.41, 5.74) is -0.421. The summed E-state index contributed by atoms with van der Waals surface area (Å²) in [6, 6.07) is 7.30. The molecule has 0 spiro atoms. The van der Waals surface area contributed by atoms with E-state index in [1.165, 1.54) is 4.90 Å². The number of rotatable bonds is 7. The molecule has 0 bridgehead atoms. The van der Waals surface area contributed by atoms with E-state index in [9.17, 15) is 14.4 Å². The van der Waals surface area contributed by atoms with Crippen molar-refractivity contribution < 1.29 is 14.4 Å². The van der Waals surface area contributed by atoms with Crippen molar-refractivity contribution in [1.82, 2.24) is 20.1 Å². The highest BCUT2D eigenvalue weighted by Crippen LogP contribution is 2.41. The van der Waals surface area contributed by atoms with Crippen molar-refractivity contribution >= 4 is 29.2 Å². The van der Waals surface area contributed by atoms with Crippen LogP contribution in [0.1, 0.15) is 43.6 Å². The van der Waals surface area contributed by atoms with E-state index in [0.29, 0.717) is 44.5 Å². The third kappa shape index (κ3) is 4.03. The van der Waals surface area contributed by atoms with Crippen molar-refractivity contribution in [1.29, 1.82) is 0 Å². The Morgan fingerprint density at radius 3 is 2.69 bits per heavy atom. The predicted octanol–water partition coefficient (Wildman–Crippen LogP) is 3.42. The number of carbonyl (C=O) groups is 3. The van der Waals surface area contributed by atoms with E-state index in [4.69, 9.17) is 0 Å². The van der Waals surface area contributed by atoms with Gasteiger partial charge in [-0.3, -0.25) is 19.5 Å². The van der Waals surface area contributed by atoms with Crippen LogP contribution in [0.25, 0.3) is 0 Å². The van der Waals surface area contributed by atoms with E-state index >= 15 is 0 Å². The zero-order valence-corrected chi connectivity index (χ0v) is 19.4. The topological polar surface area (TPSA) is 82.6 Å². The summed E-state index contributed by atoms with van der Waals surface area (Å²) >= 11 is 1.62. The molecule has 4 heterocycles. The van der Waals surface area contributed by atoms with Crippen LogP contribution in [-0.2, 0) is 21.5 Å². The monoisotopic (exact) mass is 454 g/mol. The van der Waals surface area contributed by atoms with Gasteiger partial charge in [-0.2, -0.15) is 0 Å². The van der Waals surface area contributed by atoms with Crippen molar-refractivity contribution in [3.63, 3.8) is 0 Å². The molecule has 2 unspecified atom stereocenters. The lowest BCUT2D eigenvalue weighted by molar-refractivity contribution is -0.138. The van der Waals surface area contributed by atoms with Crippen LogP contribution in [0, 0.1) is 11.8 Å². The van der Waals surface area contributed by atoms with Crippen molar-refractivity contribution in [2.24, 2.45) is 11.8 Å². The molecule has 0 saturated carbocycles. The van der Waals surface area contributed by atoms with Crippen LogP contribution in [0.2, 0.25) is 0 Å². The van der Waals surface area contributed by atoms with Gasteiger partial charge in [-0.25, -0.2) is 4.79 Å². The third-order valence-corrected chi connectivity index (χ3v) is 7.80. The first-order valence-electron chi connectivity index (χ1n) is 11.3. The van der Waals surface area contributed by atoms with Gasteiger partial charge < -0.3 is 10.2 Å². The first-order chi connectivity index (χ1) is 15.5. The normalized spacial score (nSPS) is 22.8. The zero-order chi connectivity index (χ0) is 22.7. The number of pyridine rings is 1. The quantitative estimate of drug-likeness (QED) is 0.650. The van der Waals surface area contributed by atoms with Gasteiger partial charge in [0.1, 0.15) is 0 Å². The fraction of sp³-hybridized carbons (Fsp3) is 0.500. The highest BCUT2D eigenvalue weighted by atomic mass is 32.1. The van der Waals surface area contributed by atoms with Gasteiger partial charge in [0.25, 0.3) is 5.91 Å². The SMILES string of the molecule is CCC(C)C(=O)N1CCC(C2(c3cccnc3)NC(=O)N(CCc3cccs3)C2=O)CC1. The Balaban J connectivity index is 1.57. The smallest absolute Gasteiger partial charge is 0.325 e. The maximum atomic E-state index is 13.8. The molecule has 32 heavy (non-hydrogen) atoms. The number of thiophene rings is 1. The van der Waals surface area contributed by atoms with Crippen LogP contribution in [0.3, 0.4) is 0 Å². The van der Waals surface area contributed by atoms with Gasteiger partial charge in [0.05, 0.1) is 0 Å². The molecule has 0 aromatic carbocycles. The van der Waals surface area contributed by atoms with Crippen molar-refractivity contribution in [3.8, 4) is 0 Å². The molecular formula is C24H30N4O3S. The van der Waals surface area contributed by atoms with Gasteiger partial charge >= 0.3 is 6.03 Å². The minimum Gasteiger partial charge on any atom is -0.342 e. The van der Waals surface area contributed by atoms with Crippen LogP contribution >= 0.6 is 11.3 Å². The molecule has 8 heteroatoms. The van der Waals surface area contributed by atoms with Crippen LogP contribution in [-0.4, -0.2) is 52.3 Å². The Kier molecular flexibility index (Phi) is 6.60. The number of amides is 4. The van der Waals surface area contributed by atoms with Crippen LogP contribution in [0.4, 0.5) is 4.79 Å². The highest BCUT2D eigenvalue weighted by molar-refractivity contribution is 7.09. The van der Waals surface area contributed by atoms with E-state index in [1.54, 1.807) is 29.8 Å². The summed E-state index contributed by atoms with van der Waals surface area (Å²) in [6.07, 6.45) is 6.11. The minimum absolute atomic E-state index is 0.000563. The molecule has 1 N–H and O–H groups in total. The van der Waals surface area contributed by atoms with Crippen LogP contribution < -0.4 is 5.32 Å². The highest BCUT2D eigenvalue weighted by Gasteiger charge is 2.57. The largest absolute Gasteiger partial charge is 0.342 e. The lowest BCUT2D eigenvalue weighted by atomic mass is 9.73. The summed E-state index contributed by atoms with van der Waals surface area (Å²) in [4.78, 5) is 48.1. The number of hydrogen-bond acceptors (Lipinski definition) is 5. The number of imide groups is 1. The number of likely N-dealkylation sites (tertiary alicyclic amines) is 1. The van der Waals surface area contributed by atoms with Crippen LogP contribution in [0.15, 0.2) is 42.0 Å². The van der Waals surface area contributed by atoms with Gasteiger partial charge in [0.15, 0.2) is 5.54 Å². The number of hydrogen-bond donors (Lipinski definition) is 1. The van der Waals surface area contributed by atoms with Crippen LogP contribution in [0.5, 0.6) is 0 Å². The molecular weight excluding hydrogens is 424 g/mol. The Hall–Kier alpha value is -2.74. The number of urea groups is 1. The Morgan fingerprint density at radius 2 is 2.06 bits per heavy atom. The van der Waals surface area contributed by atoms with Crippen molar-refractivity contribution in [2.75, 3.05) is 19.6 Å². The fourth-order valence-corrected chi connectivity index (χ4v) is 5.50. The van der Waals surface area contributed by atoms with Gasteiger partial charge in [-0.1, -0.05) is 26.0 Å². The van der Waals surface area contributed by atoms with E-state index in [1.807, 2.05) is 42.3 Å². The maximum absolute atomic E-state index is 13.8. The van der Waals surface area contributed by atoms with Gasteiger partial charge in [0, 0.05) is 48.4 Å². The molecule has 170 valence electrons. The molecule has 7 nitrogen and oxygen atoms in total. The number of aromatic nitrogens is 1. The van der Waals surface area contributed by atoms with E-state index < -0.39 is 5.54 Å². The lowest BCUT2D eigenvalue weighted by Crippen LogP contribution is -2.54. The van der Waals surface area contributed by atoms with Crippen molar-refractivity contribution in [3.05, 3.63) is 52.5 Å². The summed E-state index contributed by atoms with van der Waals surface area (Å²) < 4.78 is 0. The Labute approximate surface area is 192 Å². The number of nitrogens with one attached hydrogen (secondary N) is 1. The second kappa shape index (κ2) is 9.40. The minimum atomic E-state index is -1.13. The summed E-state index contributed by atoms with van der Waals surface area (Å²) in [6.45, 7) is 5.50. The van der Waals surface area contributed by atoms with E-state index in [-0.39, 0.29) is 29.7 Å². The predicted molar refractivity (Wildman–Crippen MR) is 123 cm³/mol. The molecule has 4 amide bonds. The molecule has 2 aliphatic heterocycles. The summed E-state index contributed by atoms with van der Waals surface area (Å²) in [7, 11) is 0. The Bertz CT molecular complexity index is 957. The molecule has 2 saturated heterocycles. The van der Waals surface area contributed by atoms with E-state index in [0.717, 1.165) is 11.3 Å². The summed E-state index contributed by atoms with van der Waals surface area (Å²) in [5.74, 6) is -0.144. The molecule has 2 aliphatic rings. The first-order valence-corrected chi connectivity index (χ1v) is 12.2. The molecule has 0 radical (unpaired) electrons. The zero-order valence-electron chi connectivity index (χ0n) is 18.6. The van der Waals surface area contributed by atoms with Gasteiger partial charge in [0.2, 0.25) is 5.91 Å². The lowest BCUT2D eigenvalue weighted by Gasteiger charge is -2.41. The molecule has 4 rings (SSSR count). The number of carbonyl (C=O) groups excluding carboxylic acids is 3. The van der Waals surface area contributed by atoms with Gasteiger partial charge in [-0.15, -0.1) is 11.3 Å². The number of nitrogens with zero attached hydrogens (tertiary/aromatic N) is 3. The van der Waals surface area contributed by atoms with Gasteiger partial charge in [-0.05, 0) is 49.1 Å². The molecule has 2 aromatic rings. The molecule has 2 aromatic heterocycles. The van der Waals surface area contributed by atoms with Crippen molar-refractivity contribution in [2.45, 2.75) is 45.1 Å². The maximum Gasteiger partial charge on any atom is 0.325 e. The Morgan fingerprint density at radius 1 is 1.28 bits per heavy atom. The standard InChI is InChI=1S/C24H30N4O3S/c1-3-17(2)21(29)27-12-8-18(9-13-27)24(19-6-4-11-25-16-19)22(30)28(23(31)26-24)14-10-20-7-5-15-32-20/h4-7,11,15-18H,3,8-10,12-14H2,1-2H3,(H,26,31). The molecule has 2 fully saturated rings. The first kappa shape index (κ1) is 22.5. The second-order valence-electron chi connectivity index (χ2n) is 8.67. The summed E-state index contributed by atoms with van der Waals surface area (Å²) in [5, 5.41) is 5.05. The number of piperidine rings is 1. The molecule has 2 atom stereocenters. The van der Waals surface area contributed by atoms with E-state index in [2.05, 4.69) is 10.3 Å². The third-order valence-electron chi connectivity index (χ3n) is 6.86. The average molecular weight is 455 g/mol. The fourth-order valence-electron chi connectivity index (χ4n) is 4.80. The molecule has 0 aliphatic carbocycles. The average Bonchev–Trinajstić information content (AvgIpc) is 3.44.